The van der Waals surface area contributed by atoms with Crippen LogP contribution in [0.4, 0.5) is 0 Å². The van der Waals surface area contributed by atoms with Crippen LogP contribution in [0.2, 0.25) is 0 Å². The number of hydrogen-bond donors (Lipinski definition) is 1. The second-order valence-corrected chi connectivity index (χ2v) is 6.62. The summed E-state index contributed by atoms with van der Waals surface area (Å²) >= 11 is 1.73. The van der Waals surface area contributed by atoms with E-state index in [9.17, 15) is 4.79 Å². The molecule has 114 valence electrons. The molecule has 3 nitrogen and oxygen atoms in total. The van der Waals surface area contributed by atoms with E-state index in [2.05, 4.69) is 36.7 Å². The summed E-state index contributed by atoms with van der Waals surface area (Å²) < 4.78 is 0. The fraction of sp³-hybridized carbons (Fsp3) is 0.667. The fourth-order valence-corrected chi connectivity index (χ4v) is 3.28. The number of rotatable bonds is 5. The van der Waals surface area contributed by atoms with E-state index in [1.807, 2.05) is 4.90 Å². The highest BCUT2D eigenvalue weighted by Gasteiger charge is 2.22. The molecule has 0 bridgehead atoms. The zero-order valence-corrected chi connectivity index (χ0v) is 13.9. The molecule has 1 aromatic heterocycles. The lowest BCUT2D eigenvalue weighted by molar-refractivity contribution is -0.134. The third-order valence-electron chi connectivity index (χ3n) is 3.77. The Balaban J connectivity index is 0.00000200. The molecular weight excluding hydrogens is 292 g/mol. The number of nitrogens with zero attached hydrogens (tertiary/aromatic N) is 1. The number of nitrogens with one attached hydrogen (secondary N) is 1. The molecule has 20 heavy (non-hydrogen) atoms. The first-order valence-corrected chi connectivity index (χ1v) is 8.07. The molecular formula is C15H25ClN2OS. The van der Waals surface area contributed by atoms with Gasteiger partial charge in [-0.1, -0.05) is 6.07 Å². The lowest BCUT2D eigenvalue weighted by Gasteiger charge is -2.29. The van der Waals surface area contributed by atoms with Gasteiger partial charge in [-0.2, -0.15) is 0 Å². The van der Waals surface area contributed by atoms with Crippen LogP contribution in [0, 0.1) is 5.92 Å². The van der Waals surface area contributed by atoms with Crippen LogP contribution in [0.15, 0.2) is 17.5 Å². The summed E-state index contributed by atoms with van der Waals surface area (Å²) in [5.74, 6) is 0.883. The van der Waals surface area contributed by atoms with Gasteiger partial charge in [-0.3, -0.25) is 4.79 Å². The van der Waals surface area contributed by atoms with Gasteiger partial charge in [0.2, 0.25) is 5.91 Å². The number of carbonyl (C=O) groups is 1. The summed E-state index contributed by atoms with van der Waals surface area (Å²) in [5, 5.41) is 5.43. The first kappa shape index (κ1) is 17.5. The van der Waals surface area contributed by atoms with Crippen LogP contribution in [-0.4, -0.2) is 29.9 Å². The Hall–Kier alpha value is -0.580. The summed E-state index contributed by atoms with van der Waals surface area (Å²) in [6.07, 6.45) is 2.98. The van der Waals surface area contributed by atoms with Gasteiger partial charge in [0.05, 0.1) is 6.54 Å². The molecule has 1 N–H and O–H groups in total. The largest absolute Gasteiger partial charge is 0.335 e. The molecule has 0 spiro atoms. The number of amides is 1. The molecule has 1 aliphatic rings. The van der Waals surface area contributed by atoms with Crippen LogP contribution >= 0.6 is 23.7 Å². The number of piperidine rings is 1. The quantitative estimate of drug-likeness (QED) is 0.904. The number of carbonyl (C=O) groups excluding carboxylic acids is 1. The van der Waals surface area contributed by atoms with Crippen molar-refractivity contribution in [2.75, 3.05) is 13.1 Å². The van der Waals surface area contributed by atoms with Gasteiger partial charge in [-0.15, -0.1) is 23.7 Å². The van der Waals surface area contributed by atoms with Crippen LogP contribution in [0.1, 0.15) is 38.0 Å². The Morgan fingerprint density at radius 3 is 2.70 bits per heavy atom. The van der Waals surface area contributed by atoms with Gasteiger partial charge in [-0.25, -0.2) is 0 Å². The molecule has 0 unspecified atom stereocenters. The molecule has 2 rings (SSSR count). The van der Waals surface area contributed by atoms with E-state index in [0.717, 1.165) is 32.5 Å². The van der Waals surface area contributed by atoms with Gasteiger partial charge in [-0.05, 0) is 57.1 Å². The van der Waals surface area contributed by atoms with Gasteiger partial charge in [0.1, 0.15) is 0 Å². The molecule has 1 fully saturated rings. The zero-order chi connectivity index (χ0) is 13.7. The van der Waals surface area contributed by atoms with Crippen molar-refractivity contribution in [1.29, 1.82) is 0 Å². The van der Waals surface area contributed by atoms with Gasteiger partial charge >= 0.3 is 0 Å². The average molecular weight is 317 g/mol. The smallest absolute Gasteiger partial charge is 0.223 e. The normalized spacial score (nSPS) is 15.9. The van der Waals surface area contributed by atoms with E-state index >= 15 is 0 Å². The minimum atomic E-state index is 0. The molecule has 0 saturated carbocycles. The molecule has 2 heterocycles. The van der Waals surface area contributed by atoms with Gasteiger partial charge in [0, 0.05) is 17.3 Å². The Kier molecular flexibility index (Phi) is 7.56. The van der Waals surface area contributed by atoms with Crippen LogP contribution in [-0.2, 0) is 11.3 Å². The van der Waals surface area contributed by atoms with Crippen molar-refractivity contribution in [1.82, 2.24) is 10.2 Å². The van der Waals surface area contributed by atoms with Crippen molar-refractivity contribution in [2.24, 2.45) is 5.92 Å². The average Bonchev–Trinajstić information content (AvgIpc) is 2.89. The van der Waals surface area contributed by atoms with Crippen molar-refractivity contribution in [3.8, 4) is 0 Å². The van der Waals surface area contributed by atoms with Crippen LogP contribution < -0.4 is 5.32 Å². The summed E-state index contributed by atoms with van der Waals surface area (Å²) in [4.78, 5) is 15.8. The van der Waals surface area contributed by atoms with Crippen LogP contribution in [0.3, 0.4) is 0 Å². The van der Waals surface area contributed by atoms with Gasteiger partial charge in [0.25, 0.3) is 0 Å². The highest BCUT2D eigenvalue weighted by Crippen LogP contribution is 2.20. The second kappa shape index (κ2) is 8.65. The lowest BCUT2D eigenvalue weighted by Crippen LogP contribution is -2.38. The van der Waals surface area contributed by atoms with E-state index < -0.39 is 0 Å². The third-order valence-corrected chi connectivity index (χ3v) is 4.63. The molecule has 0 aromatic carbocycles. The molecule has 0 radical (unpaired) electrons. The summed E-state index contributed by atoms with van der Waals surface area (Å²) in [7, 11) is 0. The maximum absolute atomic E-state index is 12.5. The van der Waals surface area contributed by atoms with E-state index in [4.69, 9.17) is 0 Å². The third kappa shape index (κ3) is 5.08. The fourth-order valence-electron chi connectivity index (χ4n) is 2.58. The molecule has 1 aromatic rings. The van der Waals surface area contributed by atoms with E-state index in [1.54, 1.807) is 11.3 Å². The Bertz CT molecular complexity index is 389. The Morgan fingerprint density at radius 1 is 1.45 bits per heavy atom. The molecule has 5 heteroatoms. The molecule has 0 aliphatic carbocycles. The van der Waals surface area contributed by atoms with Crippen LogP contribution in [0.25, 0.3) is 0 Å². The summed E-state index contributed by atoms with van der Waals surface area (Å²) in [5.41, 5.74) is 0. The van der Waals surface area contributed by atoms with Crippen molar-refractivity contribution in [3.63, 3.8) is 0 Å². The SMILES string of the molecule is CC(C)N(Cc1cccs1)C(=O)CC1CCNCC1.Cl. The Labute approximate surface area is 132 Å². The second-order valence-electron chi connectivity index (χ2n) is 5.59. The molecule has 1 saturated heterocycles. The highest BCUT2D eigenvalue weighted by molar-refractivity contribution is 7.09. The topological polar surface area (TPSA) is 32.3 Å². The van der Waals surface area contributed by atoms with E-state index in [1.165, 1.54) is 4.88 Å². The first-order valence-electron chi connectivity index (χ1n) is 7.19. The predicted molar refractivity (Wildman–Crippen MR) is 87.5 cm³/mol. The first-order chi connectivity index (χ1) is 9.16. The van der Waals surface area contributed by atoms with Crippen LogP contribution in [0.5, 0.6) is 0 Å². The predicted octanol–water partition coefficient (Wildman–Crippen LogP) is 3.30. The minimum Gasteiger partial charge on any atom is -0.335 e. The molecule has 0 atom stereocenters. The van der Waals surface area contributed by atoms with E-state index in [-0.39, 0.29) is 18.4 Å². The zero-order valence-electron chi connectivity index (χ0n) is 12.3. The van der Waals surface area contributed by atoms with Crippen molar-refractivity contribution >= 4 is 29.7 Å². The van der Waals surface area contributed by atoms with Crippen molar-refractivity contribution in [2.45, 2.75) is 45.7 Å². The highest BCUT2D eigenvalue weighted by atomic mass is 35.5. The van der Waals surface area contributed by atoms with E-state index in [0.29, 0.717) is 18.2 Å². The maximum atomic E-state index is 12.5. The molecule has 1 aliphatic heterocycles. The lowest BCUT2D eigenvalue weighted by atomic mass is 9.94. The summed E-state index contributed by atoms with van der Waals surface area (Å²) in [6, 6.07) is 4.43. The van der Waals surface area contributed by atoms with Crippen molar-refractivity contribution in [3.05, 3.63) is 22.4 Å². The minimum absolute atomic E-state index is 0. The maximum Gasteiger partial charge on any atom is 0.223 e. The number of thiophene rings is 1. The van der Waals surface area contributed by atoms with Gasteiger partial charge in [0.15, 0.2) is 0 Å². The number of halogens is 1. The van der Waals surface area contributed by atoms with Crippen molar-refractivity contribution < 1.29 is 4.79 Å². The Morgan fingerprint density at radius 2 is 2.15 bits per heavy atom. The van der Waals surface area contributed by atoms with Gasteiger partial charge < -0.3 is 10.2 Å². The standard InChI is InChI=1S/C15H24N2OS.ClH/c1-12(2)17(11-14-4-3-9-19-14)15(18)10-13-5-7-16-8-6-13;/h3-4,9,12-13,16H,5-8,10-11H2,1-2H3;1H. The molecule has 1 amide bonds. The monoisotopic (exact) mass is 316 g/mol. The summed E-state index contributed by atoms with van der Waals surface area (Å²) in [6.45, 7) is 7.09. The number of hydrogen-bond acceptors (Lipinski definition) is 3.